The lowest BCUT2D eigenvalue weighted by Gasteiger charge is -2.18. The molecule has 0 unspecified atom stereocenters. The number of aryl methyl sites for hydroxylation is 1. The van der Waals surface area contributed by atoms with Crippen LogP contribution in [0.25, 0.3) is 0 Å². The zero-order chi connectivity index (χ0) is 14.1. The Bertz CT molecular complexity index is 548. The molecule has 18 heavy (non-hydrogen) atoms. The molecule has 0 saturated heterocycles. The molecule has 0 radical (unpaired) electrons. The third-order valence-corrected chi connectivity index (χ3v) is 6.58. The van der Waals surface area contributed by atoms with Gasteiger partial charge >= 0.3 is 0 Å². The quantitative estimate of drug-likeness (QED) is 0.677. The number of hydrogen-bond donors (Lipinski definition) is 1. The summed E-state index contributed by atoms with van der Waals surface area (Å²) in [7, 11) is -4.81. The molecule has 0 aliphatic heterocycles. The Hall–Kier alpha value is -0.653. The maximum Gasteiger partial charge on any atom is 0.294 e. The van der Waals surface area contributed by atoms with Crippen LogP contribution < -0.4 is 5.19 Å². The molecule has 0 fully saturated rings. The van der Waals surface area contributed by atoms with E-state index in [0.717, 1.165) is 22.7 Å². The monoisotopic (exact) mass is 286 g/mol. The summed E-state index contributed by atoms with van der Waals surface area (Å²) in [4.78, 5) is 0.134. The summed E-state index contributed by atoms with van der Waals surface area (Å²) < 4.78 is 32.4. The molecular formula is C13H22O3SSi. The Morgan fingerprint density at radius 3 is 2.28 bits per heavy atom. The van der Waals surface area contributed by atoms with Gasteiger partial charge in [0.05, 0.1) is 14.4 Å². The first-order valence-electron chi connectivity index (χ1n) is 6.27. The van der Waals surface area contributed by atoms with Gasteiger partial charge in [-0.05, 0) is 48.2 Å². The molecule has 1 N–H and O–H groups in total. The predicted molar refractivity (Wildman–Crippen MR) is 78.4 cm³/mol. The third-order valence-electron chi connectivity index (χ3n) is 3.27. The fourth-order valence-electron chi connectivity index (χ4n) is 2.47. The lowest BCUT2D eigenvalue weighted by Crippen LogP contribution is -2.28. The molecule has 0 amide bonds. The highest BCUT2D eigenvalue weighted by Gasteiger charge is 2.21. The average Bonchev–Trinajstić information content (AvgIpc) is 2.20. The van der Waals surface area contributed by atoms with Gasteiger partial charge in [0.25, 0.3) is 10.1 Å². The van der Waals surface area contributed by atoms with E-state index in [-0.39, 0.29) is 4.90 Å². The van der Waals surface area contributed by atoms with Crippen molar-refractivity contribution in [2.75, 3.05) is 0 Å². The Kier molecular flexibility index (Phi) is 4.75. The molecule has 102 valence electrons. The summed E-state index contributed by atoms with van der Waals surface area (Å²) >= 11 is 0. The van der Waals surface area contributed by atoms with Crippen LogP contribution in [-0.4, -0.2) is 22.5 Å². The second-order valence-electron chi connectivity index (χ2n) is 5.20. The molecule has 0 heterocycles. The van der Waals surface area contributed by atoms with Crippen LogP contribution in [0.5, 0.6) is 0 Å². The van der Waals surface area contributed by atoms with Crippen molar-refractivity contribution in [3.05, 3.63) is 22.8 Å². The molecule has 0 aliphatic carbocycles. The van der Waals surface area contributed by atoms with E-state index in [9.17, 15) is 13.0 Å². The van der Waals surface area contributed by atoms with Crippen LogP contribution in [0.3, 0.4) is 0 Å². The van der Waals surface area contributed by atoms with Crippen molar-refractivity contribution >= 4 is 24.8 Å². The van der Waals surface area contributed by atoms with Gasteiger partial charge in [-0.3, -0.25) is 4.55 Å². The minimum Gasteiger partial charge on any atom is -0.282 e. The molecule has 3 nitrogen and oxygen atoms in total. The molecule has 0 atom stereocenters. The van der Waals surface area contributed by atoms with Gasteiger partial charge < -0.3 is 0 Å². The first-order chi connectivity index (χ1) is 8.18. The molecule has 0 bridgehead atoms. The van der Waals surface area contributed by atoms with Gasteiger partial charge in [0, 0.05) is 0 Å². The smallest absolute Gasteiger partial charge is 0.282 e. The van der Waals surface area contributed by atoms with Crippen LogP contribution in [-0.2, 0) is 16.5 Å². The molecular weight excluding hydrogens is 264 g/mol. The molecule has 0 aromatic heterocycles. The van der Waals surface area contributed by atoms with Crippen molar-refractivity contribution in [3.63, 3.8) is 0 Å². The molecule has 0 spiro atoms. The number of hydrogen-bond acceptors (Lipinski definition) is 2. The Labute approximate surface area is 112 Å². The lowest BCUT2D eigenvalue weighted by atomic mass is 10.0. The minimum atomic E-state index is -4.11. The highest BCUT2D eigenvalue weighted by molar-refractivity contribution is 7.86. The first-order valence-corrected chi connectivity index (χ1v) is 9.24. The van der Waals surface area contributed by atoms with Crippen molar-refractivity contribution in [1.29, 1.82) is 0 Å². The Balaban J connectivity index is 3.61. The summed E-state index contributed by atoms with van der Waals surface area (Å²) in [5.41, 5.74) is 3.71. The van der Waals surface area contributed by atoms with Crippen LogP contribution in [0.4, 0.5) is 0 Å². The standard InChI is InChI=1S/C13H22O3SSi/c1-6-11-9(4)7-12(17(14,15)16)13(10(11)5)18-8(2)3/h7-8H,6,18H2,1-5H3,(H,14,15,16). The van der Waals surface area contributed by atoms with Crippen molar-refractivity contribution in [1.82, 2.24) is 0 Å². The number of rotatable bonds is 4. The van der Waals surface area contributed by atoms with Gasteiger partial charge in [0.1, 0.15) is 0 Å². The summed E-state index contributed by atoms with van der Waals surface area (Å²) in [5.74, 6) is 0. The van der Waals surface area contributed by atoms with E-state index in [0.29, 0.717) is 5.54 Å². The van der Waals surface area contributed by atoms with Crippen LogP contribution in [0.15, 0.2) is 11.0 Å². The second kappa shape index (κ2) is 5.55. The highest BCUT2D eigenvalue weighted by Crippen LogP contribution is 2.19. The van der Waals surface area contributed by atoms with Gasteiger partial charge in [0.2, 0.25) is 0 Å². The summed E-state index contributed by atoms with van der Waals surface area (Å²) in [6.07, 6.45) is 0.892. The van der Waals surface area contributed by atoms with Crippen molar-refractivity contribution < 1.29 is 13.0 Å². The SMILES string of the molecule is CCc1c(C)cc(S(=O)(=O)O)c([SiH2]C(C)C)c1C. The zero-order valence-electron chi connectivity index (χ0n) is 11.7. The fourth-order valence-corrected chi connectivity index (χ4v) is 5.70. The maximum atomic E-state index is 11.5. The fraction of sp³-hybridized carbons (Fsp3) is 0.538. The van der Waals surface area contributed by atoms with Gasteiger partial charge in [-0.25, -0.2) is 0 Å². The van der Waals surface area contributed by atoms with Gasteiger partial charge in [-0.1, -0.05) is 26.3 Å². The predicted octanol–water partition coefficient (Wildman–Crippen LogP) is 1.73. The van der Waals surface area contributed by atoms with E-state index in [1.54, 1.807) is 6.07 Å². The number of benzene rings is 1. The topological polar surface area (TPSA) is 54.4 Å². The van der Waals surface area contributed by atoms with Crippen LogP contribution in [0.1, 0.15) is 37.5 Å². The van der Waals surface area contributed by atoms with Gasteiger partial charge in [0.15, 0.2) is 0 Å². The largest absolute Gasteiger partial charge is 0.294 e. The van der Waals surface area contributed by atoms with E-state index in [2.05, 4.69) is 20.8 Å². The summed E-state index contributed by atoms with van der Waals surface area (Å²) in [5, 5.41) is 0.898. The van der Waals surface area contributed by atoms with Crippen molar-refractivity contribution in [2.45, 2.75) is 51.5 Å². The van der Waals surface area contributed by atoms with Crippen molar-refractivity contribution in [2.24, 2.45) is 0 Å². The van der Waals surface area contributed by atoms with E-state index in [4.69, 9.17) is 0 Å². The molecule has 5 heteroatoms. The van der Waals surface area contributed by atoms with E-state index >= 15 is 0 Å². The first kappa shape index (κ1) is 15.4. The highest BCUT2D eigenvalue weighted by atomic mass is 32.2. The molecule has 0 saturated carbocycles. The molecule has 1 aromatic carbocycles. The average molecular weight is 286 g/mol. The lowest BCUT2D eigenvalue weighted by molar-refractivity contribution is 0.483. The van der Waals surface area contributed by atoms with E-state index in [1.807, 2.05) is 13.8 Å². The zero-order valence-corrected chi connectivity index (χ0v) is 14.0. The van der Waals surface area contributed by atoms with E-state index < -0.39 is 19.6 Å². The maximum absolute atomic E-state index is 11.5. The second-order valence-corrected chi connectivity index (χ2v) is 9.34. The van der Waals surface area contributed by atoms with Crippen LogP contribution >= 0.6 is 0 Å². The van der Waals surface area contributed by atoms with Crippen molar-refractivity contribution in [3.8, 4) is 0 Å². The van der Waals surface area contributed by atoms with Gasteiger partial charge in [-0.2, -0.15) is 8.42 Å². The minimum absolute atomic E-state index is 0.134. The summed E-state index contributed by atoms with van der Waals surface area (Å²) in [6.45, 7) is 10.2. The normalized spacial score (nSPS) is 12.8. The Morgan fingerprint density at radius 2 is 1.89 bits per heavy atom. The van der Waals surface area contributed by atoms with Crippen LogP contribution in [0.2, 0.25) is 5.54 Å². The van der Waals surface area contributed by atoms with Crippen LogP contribution in [0, 0.1) is 13.8 Å². The Morgan fingerprint density at radius 1 is 1.33 bits per heavy atom. The third kappa shape index (κ3) is 3.21. The molecule has 1 aromatic rings. The molecule has 1 rings (SSSR count). The molecule has 0 aliphatic rings. The van der Waals surface area contributed by atoms with Gasteiger partial charge in [-0.15, -0.1) is 0 Å². The summed E-state index contributed by atoms with van der Waals surface area (Å²) in [6, 6.07) is 1.63. The van der Waals surface area contributed by atoms with E-state index in [1.165, 1.54) is 5.56 Å².